The van der Waals surface area contributed by atoms with Crippen LogP contribution in [0.2, 0.25) is 0 Å². The van der Waals surface area contributed by atoms with Gasteiger partial charge in [0, 0.05) is 6.61 Å². The molecule has 0 amide bonds. The van der Waals surface area contributed by atoms with Gasteiger partial charge in [-0.25, -0.2) is 4.57 Å². The zero-order valence-corrected chi connectivity index (χ0v) is 16.2. The summed E-state index contributed by atoms with van der Waals surface area (Å²) < 4.78 is 26.8. The van der Waals surface area contributed by atoms with Gasteiger partial charge in [0.1, 0.15) is 17.9 Å². The third kappa shape index (κ3) is 10.4. The van der Waals surface area contributed by atoms with Gasteiger partial charge in [-0.15, -0.1) is 0 Å². The van der Waals surface area contributed by atoms with Crippen LogP contribution in [0.5, 0.6) is 5.75 Å². The van der Waals surface area contributed by atoms with Crippen LogP contribution in [0.25, 0.3) is 0 Å². The molecule has 5 N–H and O–H groups in total. The average Bonchev–Trinajstić information content (AvgIpc) is 2.61. The maximum absolute atomic E-state index is 11.9. The van der Waals surface area contributed by atoms with Gasteiger partial charge >= 0.3 is 13.8 Å². The first-order valence-electron chi connectivity index (χ1n) is 8.73. The van der Waals surface area contributed by atoms with Crippen molar-refractivity contribution in [3.05, 3.63) is 29.8 Å². The molecule has 154 valence electrons. The van der Waals surface area contributed by atoms with Gasteiger partial charge in [-0.3, -0.25) is 14.2 Å². The molecule has 1 unspecified atom stereocenters. The van der Waals surface area contributed by atoms with E-state index in [1.807, 2.05) is 0 Å². The average molecular weight is 405 g/mol. The number of hydrogen-bond donors (Lipinski definition) is 4. The van der Waals surface area contributed by atoms with Crippen LogP contribution in [0.3, 0.4) is 0 Å². The van der Waals surface area contributed by atoms with E-state index in [2.05, 4.69) is 6.92 Å². The number of aliphatic hydroxyl groups is 1. The van der Waals surface area contributed by atoms with Crippen LogP contribution < -0.4 is 10.3 Å². The third-order valence-electron chi connectivity index (χ3n) is 3.55. The van der Waals surface area contributed by atoms with Crippen LogP contribution in [0, 0.1) is 0 Å². The van der Waals surface area contributed by atoms with Gasteiger partial charge < -0.3 is 25.2 Å². The third-order valence-corrected chi connectivity index (χ3v) is 4.47. The molecule has 0 saturated heterocycles. The number of aliphatic hydroxyl groups excluding tert-OH is 1. The first-order chi connectivity index (χ1) is 12.7. The minimum atomic E-state index is -4.41. The number of unbranched alkanes of at least 4 members (excludes halogenated alkanes) is 2. The van der Waals surface area contributed by atoms with Gasteiger partial charge in [0.05, 0.1) is 13.2 Å². The summed E-state index contributed by atoms with van der Waals surface area (Å²) in [5.74, 6) is -1.05. The maximum atomic E-state index is 11.9. The van der Waals surface area contributed by atoms with Gasteiger partial charge in [0.15, 0.2) is 0 Å². The Morgan fingerprint density at radius 2 is 1.89 bits per heavy atom. The molecule has 0 aromatic heterocycles. The number of carboxylic acids is 1. The molecule has 0 spiro atoms. The summed E-state index contributed by atoms with van der Waals surface area (Å²) in [4.78, 5) is 20.4. The molecule has 0 aliphatic rings. The topological polar surface area (TPSA) is 149 Å². The molecule has 0 aliphatic carbocycles. The highest BCUT2D eigenvalue weighted by Crippen LogP contribution is 2.43. The fourth-order valence-corrected chi connectivity index (χ4v) is 2.89. The predicted molar refractivity (Wildman–Crippen MR) is 98.5 cm³/mol. The zero-order valence-electron chi connectivity index (χ0n) is 15.3. The molecule has 0 radical (unpaired) electrons. The van der Waals surface area contributed by atoms with Crippen molar-refractivity contribution in [2.75, 3.05) is 19.8 Å². The predicted octanol–water partition coefficient (Wildman–Crippen LogP) is 1.70. The molecule has 1 aromatic carbocycles. The normalized spacial score (nSPS) is 15.7. The smallest absolute Gasteiger partial charge is 0.480 e. The van der Waals surface area contributed by atoms with E-state index in [-0.39, 0.29) is 18.8 Å². The largest absolute Gasteiger partial charge is 0.527 e. The van der Waals surface area contributed by atoms with Crippen molar-refractivity contribution in [1.29, 1.82) is 0 Å². The van der Waals surface area contributed by atoms with E-state index in [4.69, 9.17) is 24.6 Å². The van der Waals surface area contributed by atoms with Gasteiger partial charge in [-0.05, 0) is 30.5 Å². The van der Waals surface area contributed by atoms with E-state index in [0.29, 0.717) is 12.2 Å². The van der Waals surface area contributed by atoms with Crippen molar-refractivity contribution < 1.29 is 38.3 Å². The van der Waals surface area contributed by atoms with E-state index in [0.717, 1.165) is 19.3 Å². The van der Waals surface area contributed by atoms with Crippen molar-refractivity contribution in [3.63, 3.8) is 0 Å². The summed E-state index contributed by atoms with van der Waals surface area (Å²) >= 11 is 0. The number of aliphatic carboxylic acids is 1. The first-order valence-corrected chi connectivity index (χ1v) is 10.2. The number of ether oxygens (including phenoxy) is 1. The minimum absolute atomic E-state index is 0.00223. The number of phosphoric ester groups is 1. The van der Waals surface area contributed by atoms with E-state index >= 15 is 0 Å². The monoisotopic (exact) mass is 405 g/mol. The highest BCUT2D eigenvalue weighted by Gasteiger charge is 2.24. The van der Waals surface area contributed by atoms with Crippen molar-refractivity contribution in [1.82, 2.24) is 0 Å². The van der Waals surface area contributed by atoms with Crippen molar-refractivity contribution in [2.45, 2.75) is 44.8 Å². The molecule has 27 heavy (non-hydrogen) atoms. The fourth-order valence-electron chi connectivity index (χ4n) is 2.09. The van der Waals surface area contributed by atoms with Crippen LogP contribution in [0.1, 0.15) is 31.7 Å². The molecule has 0 saturated carbocycles. The second kappa shape index (κ2) is 12.1. The van der Waals surface area contributed by atoms with Gasteiger partial charge in [-0.2, -0.15) is 0 Å². The van der Waals surface area contributed by atoms with Crippen LogP contribution in [0.4, 0.5) is 0 Å². The summed E-state index contributed by atoms with van der Waals surface area (Å²) in [6.07, 6.45) is 2.06. The minimum Gasteiger partial charge on any atom is -0.480 e. The summed E-state index contributed by atoms with van der Waals surface area (Å²) in [5, 5.41) is 18.5. The number of hydrogen-bond acceptors (Lipinski definition) is 7. The molecule has 1 rings (SSSR count). The second-order valence-electron chi connectivity index (χ2n) is 6.08. The number of nitrogens with two attached hydrogens (primary N) is 1. The lowest BCUT2D eigenvalue weighted by molar-refractivity contribution is -0.138. The summed E-state index contributed by atoms with van der Waals surface area (Å²) in [6, 6.07) is 4.86. The molecular weight excluding hydrogens is 377 g/mol. The van der Waals surface area contributed by atoms with Crippen LogP contribution >= 0.6 is 7.82 Å². The van der Waals surface area contributed by atoms with E-state index in [1.165, 1.54) is 24.3 Å². The lowest BCUT2D eigenvalue weighted by Crippen LogP contribution is -2.32. The number of benzene rings is 1. The molecule has 0 fully saturated rings. The maximum Gasteiger partial charge on any atom is 0.527 e. The van der Waals surface area contributed by atoms with E-state index in [9.17, 15) is 19.4 Å². The SMILES string of the molecule is CCCCCOC[C@H](O)COP(=O)(O)Oc1ccc(C[C@H](N)C(=O)O)cc1. The molecule has 3 atom stereocenters. The number of rotatable bonds is 14. The van der Waals surface area contributed by atoms with E-state index < -0.39 is 32.5 Å². The van der Waals surface area contributed by atoms with Gasteiger partial charge in [0.25, 0.3) is 0 Å². The summed E-state index contributed by atoms with van der Waals surface area (Å²) in [5.41, 5.74) is 6.09. The Morgan fingerprint density at radius 3 is 2.48 bits per heavy atom. The number of carbonyl (C=O) groups is 1. The first kappa shape index (κ1) is 23.6. The van der Waals surface area contributed by atoms with Crippen molar-refractivity contribution in [3.8, 4) is 5.75 Å². The Labute approximate surface area is 158 Å². The quantitative estimate of drug-likeness (QED) is 0.268. The molecule has 0 bridgehead atoms. The molecule has 0 heterocycles. The zero-order chi connectivity index (χ0) is 20.3. The van der Waals surface area contributed by atoms with Crippen LogP contribution in [-0.2, 0) is 25.0 Å². The Hall–Kier alpha value is -1.48. The van der Waals surface area contributed by atoms with E-state index in [1.54, 1.807) is 0 Å². The Kier molecular flexibility index (Phi) is 10.5. The van der Waals surface area contributed by atoms with Crippen LogP contribution in [0.15, 0.2) is 24.3 Å². The summed E-state index contributed by atoms with van der Waals surface area (Å²) in [7, 11) is -4.41. The number of carboxylic acid groups (broad SMARTS) is 1. The van der Waals surface area contributed by atoms with Crippen molar-refractivity contribution >= 4 is 13.8 Å². The van der Waals surface area contributed by atoms with Crippen molar-refractivity contribution in [2.24, 2.45) is 5.73 Å². The molecular formula is C17H28NO8P. The number of phosphoric acid groups is 1. The Balaban J connectivity index is 2.39. The van der Waals surface area contributed by atoms with Gasteiger partial charge in [0.2, 0.25) is 0 Å². The van der Waals surface area contributed by atoms with Gasteiger partial charge in [-0.1, -0.05) is 31.9 Å². The Morgan fingerprint density at radius 1 is 1.22 bits per heavy atom. The lowest BCUT2D eigenvalue weighted by atomic mass is 10.1. The molecule has 9 nitrogen and oxygen atoms in total. The molecule has 0 aliphatic heterocycles. The van der Waals surface area contributed by atoms with Crippen LogP contribution in [-0.4, -0.2) is 53.0 Å². The standard InChI is InChI=1S/C17H28NO8P/c1-2-3-4-9-24-11-14(19)12-25-27(22,23)26-15-7-5-13(6-8-15)10-16(18)17(20)21/h5-8,14,16,19H,2-4,9-12,18H2,1H3,(H,20,21)(H,22,23)/t14-,16-/m0/s1. The molecule has 1 aromatic rings. The second-order valence-corrected chi connectivity index (χ2v) is 7.46. The Bertz CT molecular complexity index is 609. The fraction of sp³-hybridized carbons (Fsp3) is 0.588. The summed E-state index contributed by atoms with van der Waals surface area (Å²) in [6.45, 7) is 2.17. The lowest BCUT2D eigenvalue weighted by Gasteiger charge is -2.16. The highest BCUT2D eigenvalue weighted by molar-refractivity contribution is 7.47. The highest BCUT2D eigenvalue weighted by atomic mass is 31.2. The molecule has 10 heteroatoms.